The highest BCUT2D eigenvalue weighted by Gasteiger charge is 2.11. The van der Waals surface area contributed by atoms with Crippen LogP contribution in [0.3, 0.4) is 0 Å². The van der Waals surface area contributed by atoms with Crippen LogP contribution in [0.5, 0.6) is 0 Å². The summed E-state index contributed by atoms with van der Waals surface area (Å²) in [6.45, 7) is 0.851. The molecule has 1 rings (SSSR count). The van der Waals surface area contributed by atoms with Crippen molar-refractivity contribution in [1.82, 2.24) is 5.32 Å². The van der Waals surface area contributed by atoms with Gasteiger partial charge in [0.1, 0.15) is 6.61 Å². The first kappa shape index (κ1) is 14.7. The van der Waals surface area contributed by atoms with Gasteiger partial charge in [0, 0.05) is 20.3 Å². The van der Waals surface area contributed by atoms with Crippen molar-refractivity contribution in [1.29, 1.82) is 0 Å². The first-order valence-electron chi connectivity index (χ1n) is 6.19. The second-order valence-corrected chi connectivity index (χ2v) is 4.19. The van der Waals surface area contributed by atoms with E-state index in [1.165, 1.54) is 12.7 Å². The number of benzene rings is 1. The molecule has 100 valence electrons. The smallest absolute Gasteiger partial charge is 0.245 e. The molecule has 0 saturated carbocycles. The molecule has 18 heavy (non-hydrogen) atoms. The van der Waals surface area contributed by atoms with Crippen LogP contribution < -0.4 is 5.32 Å². The SMILES string of the molecule is COCC(=O)NCC[C@@H](CCO)c1ccccc1. The second kappa shape index (κ2) is 8.66. The minimum atomic E-state index is -0.103. The molecule has 0 fully saturated rings. The van der Waals surface area contributed by atoms with E-state index >= 15 is 0 Å². The largest absolute Gasteiger partial charge is 0.396 e. The van der Waals surface area contributed by atoms with Gasteiger partial charge in [0.05, 0.1) is 0 Å². The van der Waals surface area contributed by atoms with E-state index in [1.807, 2.05) is 18.2 Å². The molecule has 1 aromatic carbocycles. The normalized spacial score (nSPS) is 12.1. The molecule has 0 saturated heterocycles. The highest BCUT2D eigenvalue weighted by atomic mass is 16.5. The van der Waals surface area contributed by atoms with Crippen LogP contribution >= 0.6 is 0 Å². The van der Waals surface area contributed by atoms with Crippen LogP contribution in [0.1, 0.15) is 24.3 Å². The maximum absolute atomic E-state index is 11.2. The van der Waals surface area contributed by atoms with E-state index in [0.717, 1.165) is 6.42 Å². The maximum atomic E-state index is 11.2. The summed E-state index contributed by atoms with van der Waals surface area (Å²) in [5.74, 6) is 0.173. The standard InChI is InChI=1S/C14H21NO3/c1-18-11-14(17)15-9-7-13(8-10-16)12-5-3-2-4-6-12/h2-6,13,16H,7-11H2,1H3,(H,15,17)/t13-/m0/s1. The topological polar surface area (TPSA) is 58.6 Å². The highest BCUT2D eigenvalue weighted by Crippen LogP contribution is 2.22. The van der Waals surface area contributed by atoms with Crippen LogP contribution in [0.4, 0.5) is 0 Å². The molecule has 4 nitrogen and oxygen atoms in total. The van der Waals surface area contributed by atoms with Gasteiger partial charge >= 0.3 is 0 Å². The Hall–Kier alpha value is -1.39. The molecule has 0 spiro atoms. The van der Waals surface area contributed by atoms with Crippen LogP contribution in [0.25, 0.3) is 0 Å². The molecule has 0 aliphatic carbocycles. The van der Waals surface area contributed by atoms with Gasteiger partial charge in [-0.15, -0.1) is 0 Å². The first-order valence-corrected chi connectivity index (χ1v) is 6.19. The predicted molar refractivity (Wildman–Crippen MR) is 70.4 cm³/mol. The zero-order chi connectivity index (χ0) is 13.2. The summed E-state index contributed by atoms with van der Waals surface area (Å²) < 4.78 is 4.74. The van der Waals surface area contributed by atoms with Crippen molar-refractivity contribution < 1.29 is 14.6 Å². The van der Waals surface area contributed by atoms with Gasteiger partial charge in [-0.2, -0.15) is 0 Å². The molecule has 0 unspecified atom stereocenters. The molecule has 4 heteroatoms. The minimum absolute atomic E-state index is 0.0933. The Morgan fingerprint density at radius 1 is 1.33 bits per heavy atom. The molecule has 1 aromatic rings. The van der Waals surface area contributed by atoms with Crippen molar-refractivity contribution >= 4 is 5.91 Å². The van der Waals surface area contributed by atoms with Crippen LogP contribution in [0.2, 0.25) is 0 Å². The van der Waals surface area contributed by atoms with E-state index in [-0.39, 0.29) is 25.0 Å². The Balaban J connectivity index is 2.42. The lowest BCUT2D eigenvalue weighted by Gasteiger charge is -2.16. The number of hydrogen-bond acceptors (Lipinski definition) is 3. The average molecular weight is 251 g/mol. The van der Waals surface area contributed by atoms with E-state index in [0.29, 0.717) is 13.0 Å². The quantitative estimate of drug-likeness (QED) is 0.732. The molecule has 2 N–H and O–H groups in total. The van der Waals surface area contributed by atoms with Crippen molar-refractivity contribution in [2.45, 2.75) is 18.8 Å². The molecule has 0 aliphatic heterocycles. The van der Waals surface area contributed by atoms with Crippen molar-refractivity contribution in [3.63, 3.8) is 0 Å². The van der Waals surface area contributed by atoms with Crippen LogP contribution in [0.15, 0.2) is 30.3 Å². The van der Waals surface area contributed by atoms with Crippen LogP contribution in [-0.4, -0.2) is 37.9 Å². The van der Waals surface area contributed by atoms with Gasteiger partial charge in [0.15, 0.2) is 0 Å². The molecule has 0 heterocycles. The summed E-state index contributed by atoms with van der Waals surface area (Å²) in [6, 6.07) is 10.1. The zero-order valence-electron chi connectivity index (χ0n) is 10.8. The number of nitrogens with one attached hydrogen (secondary N) is 1. The molecule has 0 aliphatic rings. The number of aliphatic hydroxyl groups is 1. The van der Waals surface area contributed by atoms with E-state index < -0.39 is 0 Å². The van der Waals surface area contributed by atoms with E-state index in [1.54, 1.807) is 0 Å². The predicted octanol–water partition coefficient (Wildman–Crippen LogP) is 1.31. The van der Waals surface area contributed by atoms with E-state index in [2.05, 4.69) is 17.4 Å². The van der Waals surface area contributed by atoms with E-state index in [4.69, 9.17) is 9.84 Å². The lowest BCUT2D eigenvalue weighted by molar-refractivity contribution is -0.124. The molecular formula is C14H21NO3. The molecular weight excluding hydrogens is 230 g/mol. The Morgan fingerprint density at radius 2 is 2.06 bits per heavy atom. The highest BCUT2D eigenvalue weighted by molar-refractivity contribution is 5.77. The van der Waals surface area contributed by atoms with Gasteiger partial charge in [-0.1, -0.05) is 30.3 Å². The number of ether oxygens (including phenoxy) is 1. The van der Waals surface area contributed by atoms with Gasteiger partial charge in [0.2, 0.25) is 5.91 Å². The fourth-order valence-corrected chi connectivity index (χ4v) is 1.93. The Bertz CT molecular complexity index is 340. The third kappa shape index (κ3) is 5.29. The summed E-state index contributed by atoms with van der Waals surface area (Å²) in [5, 5.41) is 11.9. The number of aliphatic hydroxyl groups excluding tert-OH is 1. The Morgan fingerprint density at radius 3 is 2.67 bits per heavy atom. The Kier molecular flexibility index (Phi) is 7.06. The minimum Gasteiger partial charge on any atom is -0.396 e. The third-order valence-corrected chi connectivity index (χ3v) is 2.84. The van der Waals surface area contributed by atoms with Crippen molar-refractivity contribution in [2.24, 2.45) is 0 Å². The number of carbonyl (C=O) groups is 1. The van der Waals surface area contributed by atoms with E-state index in [9.17, 15) is 4.79 Å². The summed E-state index contributed by atoms with van der Waals surface area (Å²) in [7, 11) is 1.50. The van der Waals surface area contributed by atoms with Crippen LogP contribution in [0, 0.1) is 0 Å². The number of amides is 1. The maximum Gasteiger partial charge on any atom is 0.245 e. The fourth-order valence-electron chi connectivity index (χ4n) is 1.93. The van der Waals surface area contributed by atoms with Gasteiger partial charge in [-0.05, 0) is 24.3 Å². The van der Waals surface area contributed by atoms with Crippen molar-refractivity contribution in [2.75, 3.05) is 26.9 Å². The summed E-state index contributed by atoms with van der Waals surface area (Å²) in [5.41, 5.74) is 1.20. The van der Waals surface area contributed by atoms with Gasteiger partial charge in [-0.3, -0.25) is 4.79 Å². The third-order valence-electron chi connectivity index (χ3n) is 2.84. The molecule has 1 amide bonds. The first-order chi connectivity index (χ1) is 8.77. The van der Waals surface area contributed by atoms with Gasteiger partial charge < -0.3 is 15.2 Å². The van der Waals surface area contributed by atoms with Crippen molar-refractivity contribution in [3.8, 4) is 0 Å². The number of methoxy groups -OCH3 is 1. The van der Waals surface area contributed by atoms with Crippen molar-refractivity contribution in [3.05, 3.63) is 35.9 Å². The monoisotopic (exact) mass is 251 g/mol. The van der Waals surface area contributed by atoms with Gasteiger partial charge in [0.25, 0.3) is 0 Å². The molecule has 1 atom stereocenters. The number of carbonyl (C=O) groups excluding carboxylic acids is 1. The van der Waals surface area contributed by atoms with Gasteiger partial charge in [-0.25, -0.2) is 0 Å². The zero-order valence-corrected chi connectivity index (χ0v) is 10.8. The molecule has 0 bridgehead atoms. The lowest BCUT2D eigenvalue weighted by Crippen LogP contribution is -2.29. The lowest BCUT2D eigenvalue weighted by atomic mass is 9.93. The fraction of sp³-hybridized carbons (Fsp3) is 0.500. The summed E-state index contributed by atoms with van der Waals surface area (Å²) in [6.07, 6.45) is 1.53. The second-order valence-electron chi connectivity index (χ2n) is 4.19. The average Bonchev–Trinajstić information content (AvgIpc) is 2.39. The number of rotatable bonds is 8. The number of hydrogen-bond donors (Lipinski definition) is 2. The molecule has 0 radical (unpaired) electrons. The summed E-state index contributed by atoms with van der Waals surface area (Å²) >= 11 is 0. The van der Waals surface area contributed by atoms with Crippen LogP contribution in [-0.2, 0) is 9.53 Å². The molecule has 0 aromatic heterocycles. The summed E-state index contributed by atoms with van der Waals surface area (Å²) in [4.78, 5) is 11.2. The Labute approximate surface area is 108 Å².